The van der Waals surface area contributed by atoms with Crippen LogP contribution in [0, 0.1) is 6.92 Å². The van der Waals surface area contributed by atoms with Gasteiger partial charge < -0.3 is 9.88 Å². The molecule has 1 aromatic carbocycles. The van der Waals surface area contributed by atoms with Gasteiger partial charge in [0.1, 0.15) is 6.54 Å². The van der Waals surface area contributed by atoms with Gasteiger partial charge in [0.2, 0.25) is 5.91 Å². The zero-order valence-corrected chi connectivity index (χ0v) is 13.0. The van der Waals surface area contributed by atoms with Gasteiger partial charge in [0.05, 0.1) is 5.39 Å². The maximum Gasteiger partial charge on any atom is 0.259 e. The highest BCUT2D eigenvalue weighted by atomic mass is 32.1. The largest absolute Gasteiger partial charge is 0.350 e. The maximum atomic E-state index is 12.2. The van der Waals surface area contributed by atoms with Crippen LogP contribution in [0.3, 0.4) is 0 Å². The van der Waals surface area contributed by atoms with Crippen LogP contribution in [0.1, 0.15) is 11.1 Å². The van der Waals surface area contributed by atoms with Crippen molar-refractivity contribution in [2.24, 2.45) is 0 Å². The standard InChI is InChI=1S/C17H16N2O2S/c1-12-2-4-13(5-3-12)10-18-16(20)11-19-8-6-15-14(17(19)21)7-9-22-15/h2-9H,10-11H2,1H3,(H,18,20). The lowest BCUT2D eigenvalue weighted by Gasteiger charge is -2.08. The van der Waals surface area contributed by atoms with E-state index in [1.54, 1.807) is 12.3 Å². The summed E-state index contributed by atoms with van der Waals surface area (Å²) in [6, 6.07) is 11.7. The summed E-state index contributed by atoms with van der Waals surface area (Å²) in [6.07, 6.45) is 1.67. The maximum absolute atomic E-state index is 12.2. The number of carbonyl (C=O) groups is 1. The number of carbonyl (C=O) groups excluding carboxylic acids is 1. The topological polar surface area (TPSA) is 51.1 Å². The Balaban J connectivity index is 1.66. The first-order chi connectivity index (χ1) is 10.6. The number of benzene rings is 1. The Kier molecular flexibility index (Phi) is 4.06. The smallest absolute Gasteiger partial charge is 0.259 e. The first kappa shape index (κ1) is 14.5. The second kappa shape index (κ2) is 6.15. The molecule has 4 nitrogen and oxygen atoms in total. The van der Waals surface area contributed by atoms with E-state index in [0.717, 1.165) is 10.3 Å². The quantitative estimate of drug-likeness (QED) is 0.805. The van der Waals surface area contributed by atoms with Gasteiger partial charge >= 0.3 is 0 Å². The third-order valence-corrected chi connectivity index (χ3v) is 4.40. The van der Waals surface area contributed by atoms with Crippen molar-refractivity contribution in [3.63, 3.8) is 0 Å². The number of nitrogens with zero attached hydrogens (tertiary/aromatic N) is 1. The Morgan fingerprint density at radius 2 is 1.95 bits per heavy atom. The van der Waals surface area contributed by atoms with Crippen molar-refractivity contribution in [1.29, 1.82) is 0 Å². The van der Waals surface area contributed by atoms with Crippen molar-refractivity contribution in [2.45, 2.75) is 20.0 Å². The molecule has 1 N–H and O–H groups in total. The molecule has 3 rings (SSSR count). The average molecular weight is 312 g/mol. The Morgan fingerprint density at radius 1 is 1.18 bits per heavy atom. The second-order valence-corrected chi connectivity index (χ2v) is 6.16. The normalized spacial score (nSPS) is 10.8. The van der Waals surface area contributed by atoms with Crippen LogP contribution < -0.4 is 10.9 Å². The van der Waals surface area contributed by atoms with E-state index in [1.165, 1.54) is 21.5 Å². The molecule has 0 radical (unpaired) electrons. The van der Waals surface area contributed by atoms with Crippen LogP contribution in [0.15, 0.2) is 52.8 Å². The Hall–Kier alpha value is -2.40. The SMILES string of the molecule is Cc1ccc(CNC(=O)Cn2ccc3sccc3c2=O)cc1. The summed E-state index contributed by atoms with van der Waals surface area (Å²) in [4.78, 5) is 24.2. The van der Waals surface area contributed by atoms with Gasteiger partial charge in [-0.05, 0) is 30.0 Å². The van der Waals surface area contributed by atoms with Crippen molar-refractivity contribution in [3.05, 3.63) is 69.5 Å². The fourth-order valence-electron chi connectivity index (χ4n) is 2.25. The molecule has 0 spiro atoms. The first-order valence-electron chi connectivity index (χ1n) is 7.02. The molecule has 1 amide bonds. The van der Waals surface area contributed by atoms with Crippen molar-refractivity contribution in [1.82, 2.24) is 9.88 Å². The molecule has 0 saturated carbocycles. The summed E-state index contributed by atoms with van der Waals surface area (Å²) < 4.78 is 2.39. The second-order valence-electron chi connectivity index (χ2n) is 5.21. The number of pyridine rings is 1. The molecule has 2 aromatic heterocycles. The van der Waals surface area contributed by atoms with Crippen molar-refractivity contribution >= 4 is 27.3 Å². The van der Waals surface area contributed by atoms with E-state index in [-0.39, 0.29) is 18.0 Å². The molecule has 3 aromatic rings. The molecule has 22 heavy (non-hydrogen) atoms. The molecule has 0 aliphatic heterocycles. The zero-order chi connectivity index (χ0) is 15.5. The zero-order valence-electron chi connectivity index (χ0n) is 12.2. The van der Waals surface area contributed by atoms with Gasteiger partial charge in [-0.3, -0.25) is 9.59 Å². The van der Waals surface area contributed by atoms with Gasteiger partial charge in [-0.1, -0.05) is 29.8 Å². The Morgan fingerprint density at radius 3 is 2.73 bits per heavy atom. The van der Waals surface area contributed by atoms with Gasteiger partial charge in [0, 0.05) is 17.4 Å². The summed E-state index contributed by atoms with van der Waals surface area (Å²) >= 11 is 1.52. The van der Waals surface area contributed by atoms with Crippen LogP contribution in [0.5, 0.6) is 0 Å². The summed E-state index contributed by atoms with van der Waals surface area (Å²) in [5.74, 6) is -0.169. The van der Waals surface area contributed by atoms with E-state index >= 15 is 0 Å². The third-order valence-electron chi connectivity index (χ3n) is 3.52. The Bertz CT molecular complexity index is 862. The highest BCUT2D eigenvalue weighted by molar-refractivity contribution is 7.17. The lowest BCUT2D eigenvalue weighted by Crippen LogP contribution is -2.31. The number of hydrogen-bond donors (Lipinski definition) is 1. The van der Waals surface area contributed by atoms with Crippen LogP contribution in [0.4, 0.5) is 0 Å². The lowest BCUT2D eigenvalue weighted by molar-refractivity contribution is -0.121. The molecular formula is C17H16N2O2S. The van der Waals surface area contributed by atoms with E-state index in [9.17, 15) is 9.59 Å². The number of amides is 1. The average Bonchev–Trinajstić information content (AvgIpc) is 2.99. The number of thiophene rings is 1. The molecule has 2 heterocycles. The molecule has 0 fully saturated rings. The van der Waals surface area contributed by atoms with Gasteiger partial charge in [-0.2, -0.15) is 0 Å². The van der Waals surface area contributed by atoms with Gasteiger partial charge in [0.25, 0.3) is 5.56 Å². The minimum Gasteiger partial charge on any atom is -0.350 e. The number of fused-ring (bicyclic) bond motifs is 1. The van der Waals surface area contributed by atoms with Gasteiger partial charge in [0.15, 0.2) is 0 Å². The summed E-state index contributed by atoms with van der Waals surface area (Å²) in [7, 11) is 0. The van der Waals surface area contributed by atoms with E-state index in [4.69, 9.17) is 0 Å². The number of aromatic nitrogens is 1. The fourth-order valence-corrected chi connectivity index (χ4v) is 3.02. The van der Waals surface area contributed by atoms with Crippen molar-refractivity contribution in [2.75, 3.05) is 0 Å². The minimum absolute atomic E-state index is 0.0382. The fraction of sp³-hybridized carbons (Fsp3) is 0.176. The number of nitrogens with one attached hydrogen (secondary N) is 1. The molecule has 5 heteroatoms. The first-order valence-corrected chi connectivity index (χ1v) is 7.90. The summed E-state index contributed by atoms with van der Waals surface area (Å²) in [5.41, 5.74) is 2.11. The predicted molar refractivity (Wildman–Crippen MR) is 89.1 cm³/mol. The van der Waals surface area contributed by atoms with Crippen LogP contribution in [0.25, 0.3) is 10.1 Å². The third kappa shape index (κ3) is 3.09. The molecule has 112 valence electrons. The summed E-state index contributed by atoms with van der Waals surface area (Å²) in [6.45, 7) is 2.53. The number of rotatable bonds is 4. The highest BCUT2D eigenvalue weighted by Crippen LogP contribution is 2.16. The van der Waals surface area contributed by atoms with Crippen LogP contribution in [0.2, 0.25) is 0 Å². The molecule has 0 aliphatic carbocycles. The lowest BCUT2D eigenvalue weighted by atomic mass is 10.1. The van der Waals surface area contributed by atoms with Crippen LogP contribution in [-0.2, 0) is 17.9 Å². The molecule has 0 unspecified atom stereocenters. The number of aryl methyl sites for hydroxylation is 1. The van der Waals surface area contributed by atoms with Crippen molar-refractivity contribution < 1.29 is 4.79 Å². The van der Waals surface area contributed by atoms with Crippen molar-refractivity contribution in [3.8, 4) is 0 Å². The molecule has 0 bridgehead atoms. The predicted octanol–water partition coefficient (Wildman–Crippen LogP) is 2.69. The monoisotopic (exact) mass is 312 g/mol. The molecule has 0 aliphatic rings. The minimum atomic E-state index is -0.169. The highest BCUT2D eigenvalue weighted by Gasteiger charge is 2.07. The van der Waals surface area contributed by atoms with Gasteiger partial charge in [-0.25, -0.2) is 0 Å². The molecular weight excluding hydrogens is 296 g/mol. The molecule has 0 atom stereocenters. The van der Waals surface area contributed by atoms with Crippen LogP contribution in [-0.4, -0.2) is 10.5 Å². The summed E-state index contributed by atoms with van der Waals surface area (Å²) in [5, 5.41) is 5.39. The number of hydrogen-bond acceptors (Lipinski definition) is 3. The Labute approximate surface area is 132 Å². The van der Waals surface area contributed by atoms with E-state index in [0.29, 0.717) is 11.9 Å². The van der Waals surface area contributed by atoms with E-state index < -0.39 is 0 Å². The van der Waals surface area contributed by atoms with Crippen LogP contribution >= 0.6 is 11.3 Å². The van der Waals surface area contributed by atoms with E-state index in [1.807, 2.05) is 42.6 Å². The molecule has 0 saturated heterocycles. The van der Waals surface area contributed by atoms with Gasteiger partial charge in [-0.15, -0.1) is 11.3 Å². The van der Waals surface area contributed by atoms with E-state index in [2.05, 4.69) is 5.32 Å².